The Balaban J connectivity index is 1.87. The third-order valence-corrected chi connectivity index (χ3v) is 6.10. The van der Waals surface area contributed by atoms with E-state index in [4.69, 9.17) is 0 Å². The fourth-order valence-corrected chi connectivity index (χ4v) is 4.49. The molecule has 0 aromatic carbocycles. The van der Waals surface area contributed by atoms with Crippen LogP contribution in [0.5, 0.6) is 0 Å². The average molecular weight is 360 g/mol. The van der Waals surface area contributed by atoms with E-state index in [1.54, 1.807) is 11.3 Å². The molecular weight excluding hydrogens is 334 g/mol. The monoisotopic (exact) mass is 359 g/mol. The zero-order valence-electron chi connectivity index (χ0n) is 12.7. The van der Waals surface area contributed by atoms with E-state index in [1.165, 1.54) is 22.2 Å². The van der Waals surface area contributed by atoms with Crippen molar-refractivity contribution in [3.8, 4) is 0 Å². The van der Waals surface area contributed by atoms with E-state index in [0.717, 1.165) is 31.3 Å². The van der Waals surface area contributed by atoms with Crippen molar-refractivity contribution in [1.29, 1.82) is 0 Å². The molecule has 0 bridgehead atoms. The molecule has 2 nitrogen and oxygen atoms in total. The first-order valence-electron chi connectivity index (χ1n) is 7.55. The highest BCUT2D eigenvalue weighted by Crippen LogP contribution is 2.34. The van der Waals surface area contributed by atoms with Gasteiger partial charge < -0.3 is 10.0 Å². The largest absolute Gasteiger partial charge is 0.393 e. The third kappa shape index (κ3) is 4.55. The lowest BCUT2D eigenvalue weighted by Gasteiger charge is -2.37. The molecule has 1 aliphatic carbocycles. The van der Waals surface area contributed by atoms with E-state index in [9.17, 15) is 5.11 Å². The minimum absolute atomic E-state index is 0.110. The Hall–Kier alpha value is 0.100. The number of thiophene rings is 1. The van der Waals surface area contributed by atoms with Gasteiger partial charge in [-0.05, 0) is 77.0 Å². The van der Waals surface area contributed by atoms with Crippen LogP contribution in [0.25, 0.3) is 0 Å². The molecule has 0 amide bonds. The van der Waals surface area contributed by atoms with Crippen molar-refractivity contribution >= 4 is 27.3 Å². The van der Waals surface area contributed by atoms with E-state index >= 15 is 0 Å². The van der Waals surface area contributed by atoms with Crippen molar-refractivity contribution < 1.29 is 5.11 Å². The van der Waals surface area contributed by atoms with E-state index in [-0.39, 0.29) is 6.10 Å². The Kier molecular flexibility index (Phi) is 6.09. The van der Waals surface area contributed by atoms with Crippen molar-refractivity contribution in [3.63, 3.8) is 0 Å². The van der Waals surface area contributed by atoms with Crippen molar-refractivity contribution in [1.82, 2.24) is 4.90 Å². The Morgan fingerprint density at radius 2 is 2.20 bits per heavy atom. The maximum absolute atomic E-state index is 10.3. The summed E-state index contributed by atoms with van der Waals surface area (Å²) in [6.45, 7) is 6.59. The highest BCUT2D eigenvalue weighted by atomic mass is 79.9. The van der Waals surface area contributed by atoms with Gasteiger partial charge in [0.1, 0.15) is 0 Å². The van der Waals surface area contributed by atoms with E-state index in [2.05, 4.69) is 53.2 Å². The van der Waals surface area contributed by atoms with Crippen molar-refractivity contribution in [2.24, 2.45) is 17.8 Å². The van der Waals surface area contributed by atoms with E-state index < -0.39 is 0 Å². The van der Waals surface area contributed by atoms with Crippen molar-refractivity contribution in [2.45, 2.75) is 45.8 Å². The molecule has 2 rings (SSSR count). The number of hydrogen-bond acceptors (Lipinski definition) is 3. The number of aliphatic hydroxyl groups excluding tert-OH is 1. The predicted molar refractivity (Wildman–Crippen MR) is 90.0 cm³/mol. The number of nitrogens with zero attached hydrogens (tertiary/aromatic N) is 1. The summed E-state index contributed by atoms with van der Waals surface area (Å²) in [7, 11) is 2.16. The summed E-state index contributed by atoms with van der Waals surface area (Å²) < 4.78 is 1.19. The first-order valence-corrected chi connectivity index (χ1v) is 9.22. The number of aliphatic hydroxyl groups is 1. The fourth-order valence-electron chi connectivity index (χ4n) is 3.29. The quantitative estimate of drug-likeness (QED) is 0.843. The van der Waals surface area contributed by atoms with E-state index in [0.29, 0.717) is 5.92 Å². The molecule has 1 N–H and O–H groups in total. The van der Waals surface area contributed by atoms with Gasteiger partial charge in [-0.3, -0.25) is 0 Å². The molecule has 0 aliphatic heterocycles. The zero-order chi connectivity index (χ0) is 14.7. The molecule has 1 aromatic rings. The highest BCUT2D eigenvalue weighted by Gasteiger charge is 2.31. The normalized spacial score (nSPS) is 27.4. The number of halogens is 1. The molecular formula is C16H26BrNOS. The van der Waals surface area contributed by atoms with Gasteiger partial charge in [-0.15, -0.1) is 11.3 Å². The molecule has 1 aromatic heterocycles. The summed E-state index contributed by atoms with van der Waals surface area (Å²) in [5.74, 6) is 1.96. The fraction of sp³-hybridized carbons (Fsp3) is 0.750. The Morgan fingerprint density at radius 3 is 2.80 bits per heavy atom. The van der Waals surface area contributed by atoms with Gasteiger partial charge in [-0.1, -0.05) is 13.8 Å². The standard InChI is InChI=1S/C16H26BrNOS/c1-11(2)13-4-5-15(19)14(7-13)9-18(3)8-12-6-16(17)20-10-12/h6,10-11,13-15,19H,4-5,7-9H2,1-3H3. The Labute approximate surface area is 135 Å². The second-order valence-corrected chi connectivity index (χ2v) is 8.89. The van der Waals surface area contributed by atoms with Crippen LogP contribution in [-0.4, -0.2) is 29.7 Å². The Bertz CT molecular complexity index is 420. The summed E-state index contributed by atoms with van der Waals surface area (Å²) in [6, 6.07) is 2.19. The van der Waals surface area contributed by atoms with Crippen LogP contribution in [0.2, 0.25) is 0 Å². The van der Waals surface area contributed by atoms with Crippen molar-refractivity contribution in [3.05, 3.63) is 20.8 Å². The molecule has 1 fully saturated rings. The lowest BCUT2D eigenvalue weighted by Crippen LogP contribution is -2.38. The van der Waals surface area contributed by atoms with Gasteiger partial charge in [0.05, 0.1) is 9.89 Å². The molecule has 3 atom stereocenters. The van der Waals surface area contributed by atoms with Gasteiger partial charge in [-0.25, -0.2) is 0 Å². The molecule has 114 valence electrons. The lowest BCUT2D eigenvalue weighted by molar-refractivity contribution is 0.0214. The van der Waals surface area contributed by atoms with Crippen LogP contribution in [0.1, 0.15) is 38.7 Å². The molecule has 4 heteroatoms. The third-order valence-electron chi connectivity index (χ3n) is 4.55. The molecule has 1 aliphatic rings. The Morgan fingerprint density at radius 1 is 1.45 bits per heavy atom. The SMILES string of the molecule is CC(C)C1CCC(O)C(CN(C)Cc2csc(Br)c2)C1. The molecule has 1 heterocycles. The molecule has 1 saturated carbocycles. The molecule has 0 saturated heterocycles. The minimum atomic E-state index is -0.110. The first-order chi connectivity index (χ1) is 9.45. The summed E-state index contributed by atoms with van der Waals surface area (Å²) in [5, 5.41) is 12.5. The van der Waals surface area contributed by atoms with Crippen LogP contribution in [0.3, 0.4) is 0 Å². The second kappa shape index (κ2) is 7.39. The van der Waals surface area contributed by atoms with Gasteiger partial charge in [0.2, 0.25) is 0 Å². The van der Waals surface area contributed by atoms with Crippen LogP contribution >= 0.6 is 27.3 Å². The van der Waals surface area contributed by atoms with Crippen LogP contribution in [0.4, 0.5) is 0 Å². The van der Waals surface area contributed by atoms with Crippen LogP contribution in [0.15, 0.2) is 15.2 Å². The summed E-state index contributed by atoms with van der Waals surface area (Å²) in [4.78, 5) is 2.35. The zero-order valence-corrected chi connectivity index (χ0v) is 15.1. The molecule has 20 heavy (non-hydrogen) atoms. The highest BCUT2D eigenvalue weighted by molar-refractivity contribution is 9.11. The second-order valence-electron chi connectivity index (χ2n) is 6.60. The van der Waals surface area contributed by atoms with E-state index in [1.807, 2.05) is 0 Å². The van der Waals surface area contributed by atoms with Gasteiger partial charge in [0.25, 0.3) is 0 Å². The first kappa shape index (κ1) is 16.5. The molecule has 3 unspecified atom stereocenters. The van der Waals surface area contributed by atoms with Crippen LogP contribution < -0.4 is 0 Å². The topological polar surface area (TPSA) is 23.5 Å². The molecule has 0 radical (unpaired) electrons. The number of rotatable bonds is 5. The van der Waals surface area contributed by atoms with Gasteiger partial charge in [0.15, 0.2) is 0 Å². The van der Waals surface area contributed by atoms with Gasteiger partial charge in [-0.2, -0.15) is 0 Å². The van der Waals surface area contributed by atoms with Crippen LogP contribution in [0, 0.1) is 17.8 Å². The van der Waals surface area contributed by atoms with Crippen LogP contribution in [-0.2, 0) is 6.54 Å². The van der Waals surface area contributed by atoms with Gasteiger partial charge in [0, 0.05) is 13.1 Å². The summed E-state index contributed by atoms with van der Waals surface area (Å²) >= 11 is 5.25. The number of hydrogen-bond donors (Lipinski definition) is 1. The maximum Gasteiger partial charge on any atom is 0.0701 e. The smallest absolute Gasteiger partial charge is 0.0701 e. The molecule has 0 spiro atoms. The summed E-state index contributed by atoms with van der Waals surface area (Å²) in [5.41, 5.74) is 1.36. The lowest BCUT2D eigenvalue weighted by atomic mass is 9.74. The predicted octanol–water partition coefficient (Wildman–Crippen LogP) is 4.38. The maximum atomic E-state index is 10.3. The van der Waals surface area contributed by atoms with Crippen molar-refractivity contribution in [2.75, 3.05) is 13.6 Å². The minimum Gasteiger partial charge on any atom is -0.393 e. The van der Waals surface area contributed by atoms with Gasteiger partial charge >= 0.3 is 0 Å². The average Bonchev–Trinajstić information content (AvgIpc) is 2.77. The summed E-state index contributed by atoms with van der Waals surface area (Å²) in [6.07, 6.45) is 3.24.